The molecule has 1 saturated heterocycles. The molecule has 3 N–H and O–H groups in total. The summed E-state index contributed by atoms with van der Waals surface area (Å²) < 4.78 is 45.2. The van der Waals surface area contributed by atoms with Crippen LogP contribution in [-0.2, 0) is 23.9 Å². The Hall–Kier alpha value is -3.08. The number of urea groups is 1. The van der Waals surface area contributed by atoms with Crippen molar-refractivity contribution in [2.75, 3.05) is 43.9 Å². The molecular formula is C23H29F3N6O2. The fourth-order valence-electron chi connectivity index (χ4n) is 4.35. The van der Waals surface area contributed by atoms with Gasteiger partial charge in [0.1, 0.15) is 11.6 Å². The van der Waals surface area contributed by atoms with Crippen LogP contribution < -0.4 is 11.1 Å². The Morgan fingerprint density at radius 1 is 1.15 bits per heavy atom. The molecule has 1 aromatic heterocycles. The molecule has 2 aliphatic rings. The van der Waals surface area contributed by atoms with Crippen molar-refractivity contribution in [3.05, 3.63) is 46.4 Å². The number of amides is 2. The van der Waals surface area contributed by atoms with Crippen molar-refractivity contribution < 1.29 is 22.7 Å². The fraction of sp³-hybridized carbons (Fsp3) is 0.522. The molecule has 0 radical (unpaired) electrons. The lowest BCUT2D eigenvalue weighted by Crippen LogP contribution is -2.48. The quantitative estimate of drug-likeness (QED) is 0.653. The minimum Gasteiger partial charge on any atom is -0.399 e. The van der Waals surface area contributed by atoms with E-state index in [1.165, 1.54) is 6.07 Å². The second kappa shape index (κ2) is 9.65. The summed E-state index contributed by atoms with van der Waals surface area (Å²) in [5.41, 5.74) is 7.03. The van der Waals surface area contributed by atoms with Gasteiger partial charge in [-0.15, -0.1) is 0 Å². The zero-order valence-electron chi connectivity index (χ0n) is 19.3. The predicted molar refractivity (Wildman–Crippen MR) is 121 cm³/mol. The molecule has 0 unspecified atom stereocenters. The number of ether oxygens (including phenoxy) is 1. The third-order valence-electron chi connectivity index (χ3n) is 6.11. The lowest BCUT2D eigenvalue weighted by Gasteiger charge is -2.32. The number of nitrogens with two attached hydrogens (primary N) is 1. The van der Waals surface area contributed by atoms with Crippen molar-refractivity contribution in [3.8, 4) is 0 Å². The lowest BCUT2D eigenvalue weighted by atomic mass is 10.0. The molecule has 1 aromatic carbocycles. The number of nitrogen functional groups attached to an aromatic ring is 1. The Labute approximate surface area is 196 Å². The van der Waals surface area contributed by atoms with Crippen molar-refractivity contribution >= 4 is 17.5 Å². The van der Waals surface area contributed by atoms with Crippen LogP contribution in [0.15, 0.2) is 18.2 Å². The standard InChI is InChI=1S/C23H29F3N6O2/c1-14(16-10-17(23(24,25)26)12-18(27)11-16)28-21-19-13-32(22(33)31-6-8-34-9-7-31)5-3-4-20(19)29-15(2)30-21/h10-12,14H,3-9,13,27H2,1-2H3,(H,28,29,30)/t14-/m1/s1. The molecule has 4 rings (SSSR count). The van der Waals surface area contributed by atoms with E-state index in [2.05, 4.69) is 15.3 Å². The Balaban J connectivity index is 1.61. The Bertz CT molecular complexity index is 1060. The molecule has 34 heavy (non-hydrogen) atoms. The molecule has 1 fully saturated rings. The van der Waals surface area contributed by atoms with Crippen LogP contribution in [0.4, 0.5) is 29.5 Å². The van der Waals surface area contributed by atoms with E-state index in [9.17, 15) is 18.0 Å². The van der Waals surface area contributed by atoms with Crippen LogP contribution in [0.1, 0.15) is 47.6 Å². The van der Waals surface area contributed by atoms with E-state index >= 15 is 0 Å². The van der Waals surface area contributed by atoms with Gasteiger partial charge in [0.05, 0.1) is 37.1 Å². The number of rotatable bonds is 3. The van der Waals surface area contributed by atoms with E-state index in [1.54, 1.807) is 23.6 Å². The average molecular weight is 479 g/mol. The number of benzene rings is 1. The SMILES string of the molecule is Cc1nc2c(c(N[C@H](C)c3cc(N)cc(C(F)(F)F)c3)n1)CN(C(=O)N1CCOCC1)CCC2. The number of aryl methyl sites for hydroxylation is 2. The first-order chi connectivity index (χ1) is 16.1. The highest BCUT2D eigenvalue weighted by Crippen LogP contribution is 2.34. The van der Waals surface area contributed by atoms with Gasteiger partial charge in [0.15, 0.2) is 0 Å². The number of hydrogen-bond acceptors (Lipinski definition) is 6. The minimum absolute atomic E-state index is 0.0402. The molecule has 184 valence electrons. The summed E-state index contributed by atoms with van der Waals surface area (Å²) in [5.74, 6) is 1.08. The van der Waals surface area contributed by atoms with E-state index in [0.29, 0.717) is 63.0 Å². The molecule has 1 atom stereocenters. The second-order valence-corrected chi connectivity index (χ2v) is 8.70. The summed E-state index contributed by atoms with van der Waals surface area (Å²) in [6, 6.07) is 2.98. The summed E-state index contributed by atoms with van der Waals surface area (Å²) >= 11 is 0. The molecule has 2 aromatic rings. The molecule has 0 aliphatic carbocycles. The Kier molecular flexibility index (Phi) is 6.83. The van der Waals surface area contributed by atoms with Crippen molar-refractivity contribution in [3.63, 3.8) is 0 Å². The number of nitrogens with zero attached hydrogens (tertiary/aromatic N) is 4. The van der Waals surface area contributed by atoms with Crippen LogP contribution >= 0.6 is 0 Å². The van der Waals surface area contributed by atoms with Crippen molar-refractivity contribution in [2.24, 2.45) is 0 Å². The fourth-order valence-corrected chi connectivity index (χ4v) is 4.35. The van der Waals surface area contributed by atoms with Gasteiger partial charge < -0.3 is 25.6 Å². The van der Waals surface area contributed by atoms with Gasteiger partial charge in [-0.2, -0.15) is 13.2 Å². The molecule has 2 aliphatic heterocycles. The van der Waals surface area contributed by atoms with E-state index < -0.39 is 17.8 Å². The number of alkyl halides is 3. The van der Waals surface area contributed by atoms with E-state index in [-0.39, 0.29) is 11.7 Å². The van der Waals surface area contributed by atoms with Gasteiger partial charge >= 0.3 is 12.2 Å². The molecule has 8 nitrogen and oxygen atoms in total. The second-order valence-electron chi connectivity index (χ2n) is 8.70. The highest BCUT2D eigenvalue weighted by atomic mass is 19.4. The Morgan fingerprint density at radius 2 is 1.88 bits per heavy atom. The summed E-state index contributed by atoms with van der Waals surface area (Å²) in [5, 5.41) is 3.25. The number of morpholine rings is 1. The summed E-state index contributed by atoms with van der Waals surface area (Å²) in [6.07, 6.45) is -3.05. The van der Waals surface area contributed by atoms with E-state index in [0.717, 1.165) is 29.8 Å². The van der Waals surface area contributed by atoms with Crippen LogP contribution in [-0.4, -0.2) is 58.6 Å². The van der Waals surface area contributed by atoms with Gasteiger partial charge in [-0.3, -0.25) is 0 Å². The topological polar surface area (TPSA) is 96.6 Å². The maximum Gasteiger partial charge on any atom is 0.416 e. The maximum absolute atomic E-state index is 13.3. The number of hydrogen-bond donors (Lipinski definition) is 2. The number of fused-ring (bicyclic) bond motifs is 1. The molecule has 3 heterocycles. The summed E-state index contributed by atoms with van der Waals surface area (Å²) in [6.45, 7) is 6.58. The van der Waals surface area contributed by atoms with Crippen molar-refractivity contribution in [1.82, 2.24) is 19.8 Å². The third-order valence-corrected chi connectivity index (χ3v) is 6.11. The number of aromatic nitrogens is 2. The average Bonchev–Trinajstić information content (AvgIpc) is 3.01. The van der Waals surface area contributed by atoms with Gasteiger partial charge in [0.25, 0.3) is 0 Å². The summed E-state index contributed by atoms with van der Waals surface area (Å²) in [7, 11) is 0. The zero-order chi connectivity index (χ0) is 24.5. The maximum atomic E-state index is 13.3. The van der Waals surface area contributed by atoms with E-state index in [1.807, 2.05) is 0 Å². The number of anilines is 2. The molecule has 0 saturated carbocycles. The smallest absolute Gasteiger partial charge is 0.399 e. The van der Waals surface area contributed by atoms with Crippen LogP contribution in [0.2, 0.25) is 0 Å². The lowest BCUT2D eigenvalue weighted by molar-refractivity contribution is -0.137. The van der Waals surface area contributed by atoms with Crippen LogP contribution in [0, 0.1) is 6.92 Å². The van der Waals surface area contributed by atoms with Gasteiger partial charge in [-0.25, -0.2) is 14.8 Å². The highest BCUT2D eigenvalue weighted by Gasteiger charge is 2.32. The first-order valence-electron chi connectivity index (χ1n) is 11.3. The van der Waals surface area contributed by atoms with Crippen molar-refractivity contribution in [2.45, 2.75) is 45.5 Å². The van der Waals surface area contributed by atoms with Gasteiger partial charge in [0, 0.05) is 30.9 Å². The van der Waals surface area contributed by atoms with Crippen molar-refractivity contribution in [1.29, 1.82) is 0 Å². The minimum atomic E-state index is -4.49. The largest absolute Gasteiger partial charge is 0.416 e. The summed E-state index contributed by atoms with van der Waals surface area (Å²) in [4.78, 5) is 25.8. The number of nitrogens with one attached hydrogen (secondary N) is 1. The van der Waals surface area contributed by atoms with Crippen LogP contribution in [0.3, 0.4) is 0 Å². The highest BCUT2D eigenvalue weighted by molar-refractivity contribution is 5.75. The molecular weight excluding hydrogens is 449 g/mol. The normalized spacial score (nSPS) is 17.7. The van der Waals surface area contributed by atoms with Gasteiger partial charge in [-0.1, -0.05) is 0 Å². The molecule has 0 bridgehead atoms. The zero-order valence-corrected chi connectivity index (χ0v) is 19.3. The van der Waals surface area contributed by atoms with Crippen LogP contribution in [0.5, 0.6) is 0 Å². The van der Waals surface area contributed by atoms with Crippen LogP contribution in [0.25, 0.3) is 0 Å². The first kappa shape index (κ1) is 24.1. The third kappa shape index (κ3) is 5.35. The number of halogens is 3. The molecule has 0 spiro atoms. The number of carbonyl (C=O) groups excluding carboxylic acids is 1. The first-order valence-corrected chi connectivity index (χ1v) is 11.3. The van der Waals surface area contributed by atoms with Gasteiger partial charge in [-0.05, 0) is 50.5 Å². The van der Waals surface area contributed by atoms with E-state index in [4.69, 9.17) is 10.5 Å². The number of carbonyl (C=O) groups is 1. The monoisotopic (exact) mass is 478 g/mol. The Morgan fingerprint density at radius 3 is 2.59 bits per heavy atom. The molecule has 2 amide bonds. The molecule has 11 heteroatoms. The van der Waals surface area contributed by atoms with Gasteiger partial charge in [0.2, 0.25) is 0 Å². The predicted octanol–water partition coefficient (Wildman–Crippen LogP) is 3.76.